The minimum Gasteiger partial charge on any atom is -0.463 e. The first-order valence-corrected chi connectivity index (χ1v) is 12.3. The summed E-state index contributed by atoms with van der Waals surface area (Å²) in [5.41, 5.74) is 0. The summed E-state index contributed by atoms with van der Waals surface area (Å²) in [6, 6.07) is -1.38. The van der Waals surface area contributed by atoms with Crippen LogP contribution in [-0.4, -0.2) is 109 Å². The quantitative estimate of drug-likeness (QED) is 0.239. The Morgan fingerprint density at radius 2 is 1.18 bits per heavy atom. The van der Waals surface area contributed by atoms with E-state index in [1.807, 2.05) is 0 Å². The van der Waals surface area contributed by atoms with Gasteiger partial charge in [-0.2, -0.15) is 0 Å². The fourth-order valence-electron chi connectivity index (χ4n) is 4.37. The molecule has 16 heteroatoms. The number of aliphatic hydroxyl groups is 1. The van der Waals surface area contributed by atoms with Crippen molar-refractivity contribution in [2.24, 2.45) is 0 Å². The number of hydrogen-bond donors (Lipinski definition) is 2. The lowest BCUT2D eigenvalue weighted by Crippen LogP contribution is -2.68. The monoisotopic (exact) mass is 577 g/mol. The van der Waals surface area contributed by atoms with Crippen LogP contribution in [0.15, 0.2) is 0 Å². The number of amides is 1. The van der Waals surface area contributed by atoms with Crippen LogP contribution < -0.4 is 5.32 Å². The molecule has 2 rings (SSSR count). The SMILES string of the molecule is CC(=O)NC1C(O[C@@H]2OC(C)[C@@H](OC(C)=O)C(OC(C)=O)C2OC(C)=O)[C@H](OC(C)=O)C(COC(C)=O)O[C@H]1O. The van der Waals surface area contributed by atoms with Crippen LogP contribution in [0.25, 0.3) is 0 Å². The van der Waals surface area contributed by atoms with Crippen molar-refractivity contribution in [3.05, 3.63) is 0 Å². The summed E-state index contributed by atoms with van der Waals surface area (Å²) >= 11 is 0. The van der Waals surface area contributed by atoms with E-state index in [4.69, 9.17) is 37.9 Å². The molecule has 0 saturated carbocycles. The first kappa shape index (κ1) is 32.9. The molecule has 2 saturated heterocycles. The van der Waals surface area contributed by atoms with Crippen LogP contribution in [0, 0.1) is 0 Å². The lowest BCUT2D eigenvalue weighted by molar-refractivity contribution is -0.340. The molecular formula is C24H35NO15. The van der Waals surface area contributed by atoms with Gasteiger partial charge in [0, 0.05) is 41.5 Å². The van der Waals surface area contributed by atoms with Crippen molar-refractivity contribution < 1.29 is 71.8 Å². The van der Waals surface area contributed by atoms with E-state index in [1.54, 1.807) is 0 Å². The van der Waals surface area contributed by atoms with Gasteiger partial charge >= 0.3 is 29.8 Å². The zero-order chi connectivity index (χ0) is 30.3. The Hall–Kier alpha value is -3.34. The topological polar surface area (TPSA) is 209 Å². The van der Waals surface area contributed by atoms with Gasteiger partial charge in [0.15, 0.2) is 37.0 Å². The standard InChI is InChI=1S/C24H35NO15/c1-9-18(35-12(4)28)21(37-14(6)30)22(38-15(7)31)24(34-9)40-20-17(25-10(2)26)23(32)39-16(8-33-11(3)27)19(20)36-13(5)29/h9,16-24,32H,8H2,1-7H3,(H,25,26)/t9?,16?,17?,18-,19-,20?,21?,22?,23-,24+/m1/s1. The second kappa shape index (κ2) is 14.3. The van der Waals surface area contributed by atoms with E-state index >= 15 is 0 Å². The number of carbonyl (C=O) groups excluding carboxylic acids is 6. The maximum absolute atomic E-state index is 12.0. The zero-order valence-corrected chi connectivity index (χ0v) is 23.1. The van der Waals surface area contributed by atoms with Crippen molar-refractivity contribution in [1.82, 2.24) is 5.32 Å². The molecule has 2 heterocycles. The van der Waals surface area contributed by atoms with E-state index in [-0.39, 0.29) is 0 Å². The van der Waals surface area contributed by atoms with Crippen molar-refractivity contribution in [3.63, 3.8) is 0 Å². The molecule has 40 heavy (non-hydrogen) atoms. The van der Waals surface area contributed by atoms with Crippen LogP contribution in [0.2, 0.25) is 0 Å². The molecular weight excluding hydrogens is 542 g/mol. The maximum atomic E-state index is 12.0. The summed E-state index contributed by atoms with van der Waals surface area (Å²) < 4.78 is 43.9. The second-order valence-electron chi connectivity index (χ2n) is 9.20. The van der Waals surface area contributed by atoms with Gasteiger partial charge in [-0.3, -0.25) is 28.8 Å². The third-order valence-corrected chi connectivity index (χ3v) is 5.71. The van der Waals surface area contributed by atoms with Crippen LogP contribution in [0.3, 0.4) is 0 Å². The van der Waals surface area contributed by atoms with Gasteiger partial charge in [-0.1, -0.05) is 0 Å². The lowest BCUT2D eigenvalue weighted by atomic mass is 9.95. The van der Waals surface area contributed by atoms with Gasteiger partial charge in [-0.25, -0.2) is 0 Å². The van der Waals surface area contributed by atoms with Gasteiger partial charge in [-0.15, -0.1) is 0 Å². The molecule has 0 aliphatic carbocycles. The van der Waals surface area contributed by atoms with E-state index in [0.29, 0.717) is 0 Å². The smallest absolute Gasteiger partial charge is 0.303 e. The van der Waals surface area contributed by atoms with Crippen molar-refractivity contribution in [3.8, 4) is 0 Å². The number of hydrogen-bond acceptors (Lipinski definition) is 15. The fourth-order valence-corrected chi connectivity index (χ4v) is 4.37. The van der Waals surface area contributed by atoms with E-state index in [9.17, 15) is 33.9 Å². The highest BCUT2D eigenvalue weighted by Crippen LogP contribution is 2.33. The molecule has 10 atom stereocenters. The minimum atomic E-state index is -1.76. The van der Waals surface area contributed by atoms with Gasteiger partial charge in [0.1, 0.15) is 24.9 Å². The first-order valence-electron chi connectivity index (χ1n) is 12.3. The Bertz CT molecular complexity index is 970. The molecule has 226 valence electrons. The summed E-state index contributed by atoms with van der Waals surface area (Å²) in [7, 11) is 0. The average molecular weight is 578 g/mol. The summed E-state index contributed by atoms with van der Waals surface area (Å²) in [4.78, 5) is 71.2. The van der Waals surface area contributed by atoms with E-state index in [2.05, 4.69) is 5.32 Å². The summed E-state index contributed by atoms with van der Waals surface area (Å²) in [5.74, 6) is -4.51. The number of aliphatic hydroxyl groups excluding tert-OH is 1. The van der Waals surface area contributed by atoms with Gasteiger partial charge < -0.3 is 48.3 Å². The van der Waals surface area contributed by atoms with E-state index in [1.165, 1.54) is 6.92 Å². The minimum absolute atomic E-state index is 0.475. The number of carbonyl (C=O) groups is 6. The number of rotatable bonds is 9. The largest absolute Gasteiger partial charge is 0.463 e. The Labute approximate surface area is 229 Å². The van der Waals surface area contributed by atoms with Gasteiger partial charge in [0.25, 0.3) is 0 Å². The van der Waals surface area contributed by atoms with Crippen LogP contribution in [0.1, 0.15) is 48.5 Å². The maximum Gasteiger partial charge on any atom is 0.303 e. The van der Waals surface area contributed by atoms with Crippen LogP contribution >= 0.6 is 0 Å². The van der Waals surface area contributed by atoms with E-state index < -0.39 is 104 Å². The molecule has 2 N–H and O–H groups in total. The molecule has 0 aromatic carbocycles. The zero-order valence-electron chi connectivity index (χ0n) is 23.1. The molecule has 16 nitrogen and oxygen atoms in total. The molecule has 0 bridgehead atoms. The number of nitrogens with one attached hydrogen (secondary N) is 1. The fraction of sp³-hybridized carbons (Fsp3) is 0.750. The van der Waals surface area contributed by atoms with E-state index in [0.717, 1.165) is 41.5 Å². The molecule has 0 aromatic rings. The van der Waals surface area contributed by atoms with Gasteiger partial charge in [-0.05, 0) is 6.92 Å². The molecule has 1 amide bonds. The average Bonchev–Trinajstić information content (AvgIpc) is 2.80. The highest BCUT2D eigenvalue weighted by molar-refractivity contribution is 5.73. The van der Waals surface area contributed by atoms with Gasteiger partial charge in [0.05, 0.1) is 6.10 Å². The van der Waals surface area contributed by atoms with Gasteiger partial charge in [0.2, 0.25) is 5.91 Å². The normalized spacial score (nSPS) is 33.6. The second-order valence-corrected chi connectivity index (χ2v) is 9.20. The molecule has 2 aliphatic heterocycles. The highest BCUT2D eigenvalue weighted by Gasteiger charge is 2.55. The summed E-state index contributed by atoms with van der Waals surface area (Å²) in [6.45, 7) is 7.63. The molecule has 6 unspecified atom stereocenters. The molecule has 2 aliphatic rings. The highest BCUT2D eigenvalue weighted by atomic mass is 16.7. The third kappa shape index (κ3) is 9.11. The van der Waals surface area contributed by atoms with Crippen molar-refractivity contribution in [2.75, 3.05) is 6.61 Å². The summed E-state index contributed by atoms with van der Waals surface area (Å²) in [5, 5.41) is 13.2. The predicted molar refractivity (Wildman–Crippen MR) is 127 cm³/mol. The Morgan fingerprint density at radius 1 is 0.675 bits per heavy atom. The number of ether oxygens (including phenoxy) is 8. The van der Waals surface area contributed by atoms with Crippen LogP contribution in [-0.2, 0) is 66.7 Å². The third-order valence-electron chi connectivity index (χ3n) is 5.71. The molecule has 0 aromatic heterocycles. The van der Waals surface area contributed by atoms with Crippen LogP contribution in [0.5, 0.6) is 0 Å². The van der Waals surface area contributed by atoms with Crippen molar-refractivity contribution >= 4 is 35.8 Å². The lowest BCUT2D eigenvalue weighted by Gasteiger charge is -2.48. The Morgan fingerprint density at radius 3 is 1.68 bits per heavy atom. The van der Waals surface area contributed by atoms with Crippen molar-refractivity contribution in [2.45, 2.75) is 110 Å². The molecule has 0 spiro atoms. The Balaban J connectivity index is 2.56. The summed E-state index contributed by atoms with van der Waals surface area (Å²) in [6.07, 6.45) is -12.7. The molecule has 2 fully saturated rings. The first-order chi connectivity index (χ1) is 18.6. The van der Waals surface area contributed by atoms with Crippen LogP contribution in [0.4, 0.5) is 0 Å². The number of esters is 5. The molecule has 0 radical (unpaired) electrons. The predicted octanol–water partition coefficient (Wildman–Crippen LogP) is -1.37. The van der Waals surface area contributed by atoms with Crippen molar-refractivity contribution in [1.29, 1.82) is 0 Å². The Kier molecular flexibility index (Phi) is 11.8.